The van der Waals surface area contributed by atoms with Gasteiger partial charge in [0.25, 0.3) is 0 Å². The highest BCUT2D eigenvalue weighted by molar-refractivity contribution is 7.50. The molecule has 0 aliphatic heterocycles. The number of carboxylic acid groups (broad SMARTS) is 1. The molecule has 0 unspecified atom stereocenters. The van der Waals surface area contributed by atoms with Gasteiger partial charge in [-0.1, -0.05) is 87.0 Å². The number of amides is 4. The fourth-order valence-electron chi connectivity index (χ4n) is 5.48. The third-order valence-electron chi connectivity index (χ3n) is 8.30. The summed E-state index contributed by atoms with van der Waals surface area (Å²) < 4.78 is 11.3. The Morgan fingerprint density at radius 3 is 2.12 bits per heavy atom. The molecule has 15 heteroatoms. The molecule has 4 atom stereocenters. The van der Waals surface area contributed by atoms with E-state index in [-0.39, 0.29) is 18.9 Å². The van der Waals surface area contributed by atoms with Crippen molar-refractivity contribution in [3.63, 3.8) is 0 Å². The molecule has 3 aromatic carbocycles. The van der Waals surface area contributed by atoms with Crippen molar-refractivity contribution in [3.8, 4) is 0 Å². The van der Waals surface area contributed by atoms with Gasteiger partial charge in [-0.25, -0.2) is 4.79 Å². The Morgan fingerprint density at radius 2 is 1.50 bits per heavy atom. The van der Waals surface area contributed by atoms with Crippen LogP contribution in [0.25, 0.3) is 10.8 Å². The van der Waals surface area contributed by atoms with Gasteiger partial charge in [-0.3, -0.25) is 23.7 Å². The van der Waals surface area contributed by atoms with Crippen molar-refractivity contribution >= 4 is 48.0 Å². The van der Waals surface area contributed by atoms with E-state index in [1.165, 1.54) is 12.1 Å². The van der Waals surface area contributed by atoms with Gasteiger partial charge in [0.15, 0.2) is 0 Å². The molecule has 3 rings (SSSR count). The summed E-state index contributed by atoms with van der Waals surface area (Å²) in [7, 11) is -4.28. The second-order valence-corrected chi connectivity index (χ2v) is 14.0. The number of aliphatic carboxylic acids is 1. The maximum atomic E-state index is 13.6. The SMILES string of the molecule is CC[C@@H](C)[C@H](NC[C@H](Cc1ccc(CP(=O)(O)O)cc1)NC(=O)C(=O)O)C(=O)N[C@@H](CC(N)=O)C(=O)NCCCc1ccc2ccccc2c1. The number of aryl methyl sites for hydroxylation is 1. The van der Waals surface area contributed by atoms with E-state index in [0.717, 1.165) is 16.3 Å². The molecule has 0 radical (unpaired) electrons. The van der Waals surface area contributed by atoms with Gasteiger partial charge in [-0.05, 0) is 52.6 Å². The fraction of sp³-hybridized carbons (Fsp3) is 0.400. The highest BCUT2D eigenvalue weighted by atomic mass is 31.2. The van der Waals surface area contributed by atoms with E-state index in [9.17, 15) is 43.4 Å². The minimum absolute atomic E-state index is 0.0485. The molecule has 0 spiro atoms. The van der Waals surface area contributed by atoms with Crippen LogP contribution in [0.2, 0.25) is 0 Å². The first-order chi connectivity index (χ1) is 23.6. The van der Waals surface area contributed by atoms with Crippen LogP contribution in [0, 0.1) is 5.92 Å². The predicted molar refractivity (Wildman–Crippen MR) is 188 cm³/mol. The van der Waals surface area contributed by atoms with Crippen molar-refractivity contribution in [2.75, 3.05) is 13.1 Å². The maximum absolute atomic E-state index is 13.6. The summed E-state index contributed by atoms with van der Waals surface area (Å²) in [6, 6.07) is 17.5. The second-order valence-electron chi connectivity index (χ2n) is 12.4. The maximum Gasteiger partial charge on any atom is 0.394 e. The predicted octanol–water partition coefficient (Wildman–Crippen LogP) is 1.74. The lowest BCUT2D eigenvalue weighted by Gasteiger charge is -2.28. The molecule has 0 aromatic heterocycles. The first-order valence-electron chi connectivity index (χ1n) is 16.4. The Morgan fingerprint density at radius 1 is 0.860 bits per heavy atom. The highest BCUT2D eigenvalue weighted by Gasteiger charge is 2.30. The highest BCUT2D eigenvalue weighted by Crippen LogP contribution is 2.38. The van der Waals surface area contributed by atoms with Gasteiger partial charge in [-0.2, -0.15) is 0 Å². The van der Waals surface area contributed by atoms with Crippen molar-refractivity contribution in [3.05, 3.63) is 83.4 Å². The lowest BCUT2D eigenvalue weighted by Crippen LogP contribution is -2.57. The van der Waals surface area contributed by atoms with Crippen molar-refractivity contribution in [2.24, 2.45) is 11.7 Å². The molecule has 3 aromatic rings. The average molecular weight is 712 g/mol. The number of carbonyl (C=O) groups excluding carboxylic acids is 4. The molecule has 0 aliphatic carbocycles. The summed E-state index contributed by atoms with van der Waals surface area (Å²) >= 11 is 0. The van der Waals surface area contributed by atoms with E-state index in [1.54, 1.807) is 19.1 Å². The quantitative estimate of drug-likeness (QED) is 0.0509. The molecule has 4 amide bonds. The zero-order chi connectivity index (χ0) is 36.8. The molecule has 0 saturated carbocycles. The number of carbonyl (C=O) groups is 5. The number of primary amides is 1. The summed E-state index contributed by atoms with van der Waals surface area (Å²) in [5.74, 6) is -5.15. The summed E-state index contributed by atoms with van der Waals surface area (Å²) in [6.45, 7) is 3.92. The lowest BCUT2D eigenvalue weighted by atomic mass is 9.96. The van der Waals surface area contributed by atoms with Crippen molar-refractivity contribution < 1.29 is 43.4 Å². The van der Waals surface area contributed by atoms with Gasteiger partial charge >= 0.3 is 19.5 Å². The molecular weight excluding hydrogens is 665 g/mol. The van der Waals surface area contributed by atoms with Gasteiger partial charge in [-0.15, -0.1) is 0 Å². The van der Waals surface area contributed by atoms with E-state index in [4.69, 9.17) is 5.73 Å². The Labute approximate surface area is 290 Å². The number of hydrogen-bond donors (Lipinski definition) is 8. The van der Waals surface area contributed by atoms with Crippen LogP contribution in [0.4, 0.5) is 0 Å². The Bertz CT molecular complexity index is 1700. The molecule has 0 aliphatic rings. The summed E-state index contributed by atoms with van der Waals surface area (Å²) in [4.78, 5) is 80.4. The van der Waals surface area contributed by atoms with Crippen LogP contribution >= 0.6 is 7.60 Å². The Hall–Kier alpha value is -4.62. The van der Waals surface area contributed by atoms with E-state index in [1.807, 2.05) is 43.3 Å². The molecule has 270 valence electrons. The van der Waals surface area contributed by atoms with Gasteiger partial charge in [0.05, 0.1) is 18.6 Å². The van der Waals surface area contributed by atoms with Crippen LogP contribution in [0.1, 0.15) is 49.8 Å². The molecule has 0 fully saturated rings. The normalized spacial score (nSPS) is 13.8. The lowest BCUT2D eigenvalue weighted by molar-refractivity contribution is -0.150. The summed E-state index contributed by atoms with van der Waals surface area (Å²) in [5, 5.41) is 22.4. The fourth-order valence-corrected chi connectivity index (χ4v) is 6.16. The van der Waals surface area contributed by atoms with Gasteiger partial charge in [0, 0.05) is 19.1 Å². The van der Waals surface area contributed by atoms with Crippen LogP contribution in [0.15, 0.2) is 66.7 Å². The van der Waals surface area contributed by atoms with Crippen LogP contribution in [-0.2, 0) is 47.5 Å². The Kier molecular flexibility index (Phi) is 15.1. The van der Waals surface area contributed by atoms with Crippen molar-refractivity contribution in [1.82, 2.24) is 21.3 Å². The van der Waals surface area contributed by atoms with E-state index < -0.39 is 67.9 Å². The molecule has 14 nitrogen and oxygen atoms in total. The standard InChI is InChI=1S/C35H46N5O9P/c1-3-22(2)31(38-20-28(39-34(44)35(45)46)18-24-10-12-25(13-11-24)21-50(47,48)49)33(43)40-29(19-30(36)41)32(42)37-16-6-7-23-14-15-26-8-4-5-9-27(26)17-23/h4-5,8-15,17,22,28-29,31,38H,3,6-7,16,18-21H2,1-2H3,(H2,36,41)(H,37,42)(H,39,44)(H,40,43)(H,45,46)(H2,47,48,49)/t22-,28+,29+,31+/m1/s1. The first kappa shape index (κ1) is 39.8. The smallest absolute Gasteiger partial charge is 0.394 e. The largest absolute Gasteiger partial charge is 0.474 e. The summed E-state index contributed by atoms with van der Waals surface area (Å²) in [6.07, 6.45) is 1.12. The van der Waals surface area contributed by atoms with Crippen LogP contribution in [-0.4, -0.2) is 75.7 Å². The second kappa shape index (κ2) is 19.0. The minimum atomic E-state index is -4.28. The molecule has 9 N–H and O–H groups in total. The van der Waals surface area contributed by atoms with Crippen LogP contribution in [0.5, 0.6) is 0 Å². The molecule has 0 saturated heterocycles. The van der Waals surface area contributed by atoms with Gasteiger partial charge in [0.2, 0.25) is 17.7 Å². The number of rotatable bonds is 19. The van der Waals surface area contributed by atoms with Crippen molar-refractivity contribution in [1.29, 1.82) is 0 Å². The number of fused-ring (bicyclic) bond motifs is 1. The van der Waals surface area contributed by atoms with Gasteiger partial charge in [0.1, 0.15) is 6.04 Å². The molecule has 50 heavy (non-hydrogen) atoms. The number of hydrogen-bond acceptors (Lipinski definition) is 7. The number of nitrogens with two attached hydrogens (primary N) is 1. The van der Waals surface area contributed by atoms with E-state index in [2.05, 4.69) is 27.3 Å². The van der Waals surface area contributed by atoms with E-state index in [0.29, 0.717) is 36.9 Å². The average Bonchev–Trinajstić information content (AvgIpc) is 3.05. The number of nitrogens with one attached hydrogen (secondary N) is 4. The summed E-state index contributed by atoms with van der Waals surface area (Å²) in [5.41, 5.74) is 7.56. The zero-order valence-corrected chi connectivity index (χ0v) is 29.0. The topological polar surface area (TPSA) is 237 Å². The molecular formula is C35H46N5O9P. The minimum Gasteiger partial charge on any atom is -0.474 e. The van der Waals surface area contributed by atoms with Crippen LogP contribution < -0.4 is 27.0 Å². The monoisotopic (exact) mass is 711 g/mol. The molecule has 0 heterocycles. The van der Waals surface area contributed by atoms with Crippen molar-refractivity contribution in [2.45, 2.75) is 70.2 Å². The number of carboxylic acids is 1. The Balaban J connectivity index is 1.64. The third kappa shape index (κ3) is 13.4. The number of benzene rings is 3. The molecule has 0 bridgehead atoms. The zero-order valence-electron chi connectivity index (χ0n) is 28.1. The van der Waals surface area contributed by atoms with Crippen LogP contribution in [0.3, 0.4) is 0 Å². The third-order valence-corrected chi connectivity index (χ3v) is 9.07. The van der Waals surface area contributed by atoms with Gasteiger partial charge < -0.3 is 41.9 Å². The van der Waals surface area contributed by atoms with E-state index >= 15 is 0 Å². The first-order valence-corrected chi connectivity index (χ1v) is 18.2.